The van der Waals surface area contributed by atoms with Gasteiger partial charge in [-0.1, -0.05) is 17.8 Å². The van der Waals surface area contributed by atoms with E-state index in [1.54, 1.807) is 62.6 Å². The van der Waals surface area contributed by atoms with Crippen LogP contribution in [0.3, 0.4) is 0 Å². The van der Waals surface area contributed by atoms with Crippen LogP contribution in [0.1, 0.15) is 53.4 Å². The summed E-state index contributed by atoms with van der Waals surface area (Å²) in [5, 5.41) is 14.7. The first-order valence-electron chi connectivity index (χ1n) is 11.4. The normalized spacial score (nSPS) is 11.4. The summed E-state index contributed by atoms with van der Waals surface area (Å²) in [5.74, 6) is 0.407. The number of carbonyl (C=O) groups is 3. The maximum absolute atomic E-state index is 12.6. The lowest BCUT2D eigenvalue weighted by Gasteiger charge is -2.15. The predicted octanol–water partition coefficient (Wildman–Crippen LogP) is 3.71. The van der Waals surface area contributed by atoms with Gasteiger partial charge in [0.05, 0.1) is 31.1 Å². The van der Waals surface area contributed by atoms with Crippen LogP contribution in [0.2, 0.25) is 0 Å². The highest BCUT2D eigenvalue weighted by Gasteiger charge is 2.20. The average Bonchev–Trinajstić information content (AvgIpc) is 3.31. The summed E-state index contributed by atoms with van der Waals surface area (Å²) in [6, 6.07) is 13.0. The molecule has 2 N–H and O–H groups in total. The quantitative estimate of drug-likeness (QED) is 0.295. The Hall–Kier alpha value is -3.86. The third-order valence-electron chi connectivity index (χ3n) is 5.14. The van der Waals surface area contributed by atoms with Gasteiger partial charge >= 0.3 is 5.97 Å². The molecule has 11 heteroatoms. The minimum Gasteiger partial charge on any atom is -0.497 e. The fourth-order valence-electron chi connectivity index (χ4n) is 3.38. The number of esters is 1. The van der Waals surface area contributed by atoms with Crippen molar-refractivity contribution in [3.63, 3.8) is 0 Å². The molecule has 190 valence electrons. The van der Waals surface area contributed by atoms with Crippen molar-refractivity contribution in [1.29, 1.82) is 0 Å². The summed E-state index contributed by atoms with van der Waals surface area (Å²) in [6.07, 6.45) is 0. The summed E-state index contributed by atoms with van der Waals surface area (Å²) >= 11 is 1.23. The Kier molecular flexibility index (Phi) is 9.46. The Morgan fingerprint density at radius 1 is 1.06 bits per heavy atom. The number of methoxy groups -OCH3 is 1. The van der Waals surface area contributed by atoms with Gasteiger partial charge in [0.25, 0.3) is 5.91 Å². The van der Waals surface area contributed by atoms with E-state index in [-0.39, 0.29) is 24.2 Å². The lowest BCUT2D eigenvalue weighted by molar-refractivity contribution is -0.113. The summed E-state index contributed by atoms with van der Waals surface area (Å²) in [4.78, 5) is 37.0. The minimum atomic E-state index is -0.445. The van der Waals surface area contributed by atoms with Crippen LogP contribution in [0.25, 0.3) is 0 Å². The van der Waals surface area contributed by atoms with E-state index in [2.05, 4.69) is 20.8 Å². The molecule has 0 aliphatic carbocycles. The molecule has 0 bridgehead atoms. The van der Waals surface area contributed by atoms with Gasteiger partial charge in [-0.05, 0) is 63.2 Å². The van der Waals surface area contributed by atoms with Crippen LogP contribution in [0.5, 0.6) is 5.75 Å². The van der Waals surface area contributed by atoms with Gasteiger partial charge in [-0.3, -0.25) is 9.59 Å². The van der Waals surface area contributed by atoms with E-state index in [1.165, 1.54) is 11.8 Å². The van der Waals surface area contributed by atoms with Crippen LogP contribution in [0.4, 0.5) is 5.69 Å². The fraction of sp³-hybridized carbons (Fsp3) is 0.320. The van der Waals surface area contributed by atoms with Crippen LogP contribution in [0, 0.1) is 0 Å². The summed E-state index contributed by atoms with van der Waals surface area (Å²) in [7, 11) is 1.57. The first-order valence-corrected chi connectivity index (χ1v) is 12.4. The summed E-state index contributed by atoms with van der Waals surface area (Å²) in [5.41, 5.74) is 1.37. The molecule has 0 aliphatic heterocycles. The number of hydrogen-bond acceptors (Lipinski definition) is 8. The topological polar surface area (TPSA) is 124 Å². The van der Waals surface area contributed by atoms with E-state index in [1.807, 2.05) is 18.4 Å². The monoisotopic (exact) mass is 511 g/mol. The maximum Gasteiger partial charge on any atom is 0.338 e. The Balaban J connectivity index is 1.60. The van der Waals surface area contributed by atoms with Crippen molar-refractivity contribution in [1.82, 2.24) is 20.1 Å². The average molecular weight is 512 g/mol. The van der Waals surface area contributed by atoms with Gasteiger partial charge < -0.3 is 24.7 Å². The van der Waals surface area contributed by atoms with Crippen molar-refractivity contribution < 1.29 is 23.9 Å². The van der Waals surface area contributed by atoms with Crippen molar-refractivity contribution in [3.05, 3.63) is 65.5 Å². The number of hydrogen-bond donors (Lipinski definition) is 2. The Morgan fingerprint density at radius 3 is 2.47 bits per heavy atom. The summed E-state index contributed by atoms with van der Waals surface area (Å²) in [6.45, 7) is 6.34. The lowest BCUT2D eigenvalue weighted by Crippen LogP contribution is -2.28. The number of anilines is 1. The van der Waals surface area contributed by atoms with Gasteiger partial charge in [0.15, 0.2) is 11.0 Å². The van der Waals surface area contributed by atoms with Gasteiger partial charge in [-0.25, -0.2) is 4.79 Å². The van der Waals surface area contributed by atoms with Gasteiger partial charge in [0.1, 0.15) is 5.75 Å². The molecule has 10 nitrogen and oxygen atoms in total. The van der Waals surface area contributed by atoms with Crippen LogP contribution < -0.4 is 15.4 Å². The molecule has 0 fully saturated rings. The molecule has 0 saturated heterocycles. The zero-order chi connectivity index (χ0) is 26.1. The molecule has 0 spiro atoms. The smallest absolute Gasteiger partial charge is 0.338 e. The van der Waals surface area contributed by atoms with E-state index in [9.17, 15) is 14.4 Å². The molecular formula is C25H29N5O5S. The van der Waals surface area contributed by atoms with Crippen molar-refractivity contribution in [2.24, 2.45) is 0 Å². The molecule has 36 heavy (non-hydrogen) atoms. The predicted molar refractivity (Wildman–Crippen MR) is 136 cm³/mol. The Bertz CT molecular complexity index is 1210. The standard InChI is InChI=1S/C25H29N5O5S/c1-5-30-22(16(3)26-23(32)17-10-12-20(34-4)13-11-17)28-29-25(30)36-15-21(31)27-19-9-7-8-18(14-19)24(33)35-6-2/h7-14,16H,5-6,15H2,1-4H3,(H,26,32)(H,27,31)/t16-/m0/s1. The van der Waals surface area contributed by atoms with Crippen molar-refractivity contribution in [3.8, 4) is 5.75 Å². The zero-order valence-corrected chi connectivity index (χ0v) is 21.4. The first-order chi connectivity index (χ1) is 17.4. The molecule has 0 unspecified atom stereocenters. The molecule has 3 rings (SSSR count). The number of nitrogens with zero attached hydrogens (tertiary/aromatic N) is 3. The van der Waals surface area contributed by atoms with E-state index >= 15 is 0 Å². The second kappa shape index (κ2) is 12.7. The van der Waals surface area contributed by atoms with Gasteiger partial charge in [0, 0.05) is 17.8 Å². The molecule has 0 radical (unpaired) electrons. The zero-order valence-electron chi connectivity index (χ0n) is 20.6. The fourth-order valence-corrected chi connectivity index (χ4v) is 4.19. The molecule has 1 atom stereocenters. The lowest BCUT2D eigenvalue weighted by atomic mass is 10.2. The molecule has 2 amide bonds. The minimum absolute atomic E-state index is 0.0916. The highest BCUT2D eigenvalue weighted by molar-refractivity contribution is 7.99. The van der Waals surface area contributed by atoms with E-state index in [0.717, 1.165) is 0 Å². The van der Waals surface area contributed by atoms with E-state index in [0.29, 0.717) is 40.1 Å². The maximum atomic E-state index is 12.6. The number of thioether (sulfide) groups is 1. The molecule has 0 aliphatic rings. The highest BCUT2D eigenvalue weighted by atomic mass is 32.2. The van der Waals surface area contributed by atoms with E-state index < -0.39 is 12.0 Å². The van der Waals surface area contributed by atoms with Crippen LogP contribution in [-0.4, -0.2) is 52.0 Å². The Labute approximate surface area is 213 Å². The highest BCUT2D eigenvalue weighted by Crippen LogP contribution is 2.22. The molecule has 3 aromatic rings. The van der Waals surface area contributed by atoms with Crippen molar-refractivity contribution in [2.75, 3.05) is 24.8 Å². The molecular weight excluding hydrogens is 482 g/mol. The number of aromatic nitrogens is 3. The third kappa shape index (κ3) is 6.85. The molecule has 0 saturated carbocycles. The van der Waals surface area contributed by atoms with Crippen LogP contribution >= 0.6 is 11.8 Å². The van der Waals surface area contributed by atoms with Gasteiger partial charge in [-0.2, -0.15) is 0 Å². The molecule has 2 aromatic carbocycles. The SMILES string of the molecule is CCOC(=O)c1cccc(NC(=O)CSc2nnc([C@H](C)NC(=O)c3ccc(OC)cc3)n2CC)c1. The summed E-state index contributed by atoms with van der Waals surface area (Å²) < 4.78 is 12.0. The molecule has 1 aromatic heterocycles. The second-order valence-corrected chi connectivity index (χ2v) is 8.59. The Morgan fingerprint density at radius 2 is 1.81 bits per heavy atom. The number of benzene rings is 2. The van der Waals surface area contributed by atoms with Crippen LogP contribution in [0.15, 0.2) is 53.7 Å². The van der Waals surface area contributed by atoms with Crippen LogP contribution in [-0.2, 0) is 16.1 Å². The van der Waals surface area contributed by atoms with E-state index in [4.69, 9.17) is 9.47 Å². The molecule has 1 heterocycles. The number of amides is 2. The largest absolute Gasteiger partial charge is 0.497 e. The second-order valence-electron chi connectivity index (χ2n) is 7.65. The van der Waals surface area contributed by atoms with Gasteiger partial charge in [0.2, 0.25) is 5.91 Å². The third-order valence-corrected chi connectivity index (χ3v) is 6.11. The number of rotatable bonds is 11. The number of nitrogens with one attached hydrogen (secondary N) is 2. The number of carbonyl (C=O) groups excluding carboxylic acids is 3. The van der Waals surface area contributed by atoms with Crippen molar-refractivity contribution in [2.45, 2.75) is 38.5 Å². The van der Waals surface area contributed by atoms with Crippen molar-refractivity contribution >= 4 is 35.2 Å². The van der Waals surface area contributed by atoms with Gasteiger partial charge in [-0.15, -0.1) is 10.2 Å². The first kappa shape index (κ1) is 26.7. The number of ether oxygens (including phenoxy) is 2.